The highest BCUT2D eigenvalue weighted by molar-refractivity contribution is 7.99. The molecule has 0 bridgehead atoms. The van der Waals surface area contributed by atoms with Gasteiger partial charge in [0.15, 0.2) is 0 Å². The van der Waals surface area contributed by atoms with Crippen LogP contribution in [0.5, 0.6) is 0 Å². The molecular weight excluding hydrogens is 316 g/mol. The molecule has 0 aromatic heterocycles. The van der Waals surface area contributed by atoms with Crippen LogP contribution in [0.4, 0.5) is 0 Å². The molecule has 0 aliphatic carbocycles. The monoisotopic (exact) mass is 332 g/mol. The molecule has 0 saturated carbocycles. The molecule has 2 heterocycles. The molecule has 1 aromatic rings. The summed E-state index contributed by atoms with van der Waals surface area (Å²) in [4.78, 5) is 37.4. The number of rotatable bonds is 4. The average molecular weight is 332 g/mol. The van der Waals surface area contributed by atoms with Gasteiger partial charge in [-0.3, -0.25) is 14.5 Å². The van der Waals surface area contributed by atoms with Crippen LogP contribution in [0.3, 0.4) is 0 Å². The van der Waals surface area contributed by atoms with Gasteiger partial charge in [-0.15, -0.1) is 0 Å². The van der Waals surface area contributed by atoms with Crippen molar-refractivity contribution in [1.29, 1.82) is 0 Å². The Labute approximate surface area is 137 Å². The zero-order valence-corrected chi connectivity index (χ0v) is 13.2. The standard InChI is InChI=1S/C16H16N2O4S/c1-10-11-4-2-3-5-12(11)14(20)18(10)8-13(19)17-16(15(21)22)6-7-23-9-16/h2-5H,1,6-9H2,(H,17,19)(H,21,22). The fraction of sp³-hybridized carbons (Fsp3) is 0.312. The Bertz CT molecular complexity index is 675. The minimum atomic E-state index is -1.24. The van der Waals surface area contributed by atoms with Gasteiger partial charge in [0.25, 0.3) is 5.91 Å². The van der Waals surface area contributed by atoms with Crippen LogP contribution < -0.4 is 5.32 Å². The molecule has 1 aromatic carbocycles. The lowest BCUT2D eigenvalue weighted by Gasteiger charge is -2.26. The van der Waals surface area contributed by atoms with Crippen molar-refractivity contribution >= 4 is 35.2 Å². The van der Waals surface area contributed by atoms with Crippen LogP contribution in [-0.4, -0.2) is 51.4 Å². The summed E-state index contributed by atoms with van der Waals surface area (Å²) in [6, 6.07) is 7.02. The van der Waals surface area contributed by atoms with Crippen LogP contribution in [0, 0.1) is 0 Å². The molecule has 2 amide bonds. The molecular formula is C16H16N2O4S. The van der Waals surface area contributed by atoms with Crippen LogP contribution in [0.15, 0.2) is 30.8 Å². The van der Waals surface area contributed by atoms with Crippen molar-refractivity contribution in [2.45, 2.75) is 12.0 Å². The number of nitrogens with one attached hydrogen (secondary N) is 1. The molecule has 23 heavy (non-hydrogen) atoms. The summed E-state index contributed by atoms with van der Waals surface area (Å²) in [5.74, 6) is -0.787. The predicted octanol–water partition coefficient (Wildman–Crippen LogP) is 1.19. The van der Waals surface area contributed by atoms with Gasteiger partial charge in [-0.2, -0.15) is 11.8 Å². The Hall–Kier alpha value is -2.28. The molecule has 1 fully saturated rings. The van der Waals surface area contributed by atoms with E-state index < -0.39 is 17.4 Å². The molecule has 0 spiro atoms. The summed E-state index contributed by atoms with van der Waals surface area (Å²) in [6.45, 7) is 3.64. The maximum absolute atomic E-state index is 12.4. The van der Waals surface area contributed by atoms with Crippen molar-refractivity contribution in [1.82, 2.24) is 10.2 Å². The number of hydrogen-bond acceptors (Lipinski definition) is 4. The van der Waals surface area contributed by atoms with Gasteiger partial charge in [0, 0.05) is 22.6 Å². The Morgan fingerprint density at radius 1 is 1.35 bits per heavy atom. The number of benzene rings is 1. The first-order valence-corrected chi connectivity index (χ1v) is 8.32. The highest BCUT2D eigenvalue weighted by Crippen LogP contribution is 2.31. The molecule has 2 N–H and O–H groups in total. The first-order valence-electron chi connectivity index (χ1n) is 7.17. The lowest BCUT2D eigenvalue weighted by molar-refractivity contribution is -0.146. The molecule has 1 unspecified atom stereocenters. The molecule has 7 heteroatoms. The number of carbonyl (C=O) groups excluding carboxylic acids is 2. The van der Waals surface area contributed by atoms with Crippen LogP contribution in [0.25, 0.3) is 5.70 Å². The van der Waals surface area contributed by atoms with E-state index in [1.165, 1.54) is 16.7 Å². The molecule has 2 aliphatic heterocycles. The molecule has 3 rings (SSSR count). The minimum Gasteiger partial charge on any atom is -0.479 e. The fourth-order valence-electron chi connectivity index (χ4n) is 2.84. The van der Waals surface area contributed by atoms with Gasteiger partial charge < -0.3 is 10.4 Å². The predicted molar refractivity (Wildman–Crippen MR) is 87.0 cm³/mol. The maximum Gasteiger partial charge on any atom is 0.330 e. The molecule has 120 valence electrons. The van der Waals surface area contributed by atoms with Crippen molar-refractivity contribution in [2.75, 3.05) is 18.1 Å². The van der Waals surface area contributed by atoms with Crippen molar-refractivity contribution in [2.24, 2.45) is 0 Å². The molecule has 1 atom stereocenters. The number of aliphatic carboxylic acids is 1. The van der Waals surface area contributed by atoms with Crippen LogP contribution >= 0.6 is 11.8 Å². The number of carboxylic acid groups (broad SMARTS) is 1. The Morgan fingerprint density at radius 3 is 2.61 bits per heavy atom. The average Bonchev–Trinajstić information content (AvgIpc) is 3.08. The van der Waals surface area contributed by atoms with Crippen molar-refractivity contribution in [3.8, 4) is 0 Å². The van der Waals surface area contributed by atoms with E-state index in [0.717, 1.165) is 0 Å². The number of thioether (sulfide) groups is 1. The van der Waals surface area contributed by atoms with E-state index in [4.69, 9.17) is 0 Å². The number of carbonyl (C=O) groups is 3. The van der Waals surface area contributed by atoms with Gasteiger partial charge in [0.1, 0.15) is 12.1 Å². The number of amides is 2. The third kappa shape index (κ3) is 2.61. The summed E-state index contributed by atoms with van der Waals surface area (Å²) in [7, 11) is 0. The zero-order chi connectivity index (χ0) is 16.6. The fourth-order valence-corrected chi connectivity index (χ4v) is 4.16. The van der Waals surface area contributed by atoms with Gasteiger partial charge >= 0.3 is 5.97 Å². The van der Waals surface area contributed by atoms with E-state index >= 15 is 0 Å². The Kier molecular flexibility index (Phi) is 3.89. The first kappa shape index (κ1) is 15.6. The zero-order valence-electron chi connectivity index (χ0n) is 12.4. The molecule has 2 aliphatic rings. The highest BCUT2D eigenvalue weighted by Gasteiger charge is 2.44. The summed E-state index contributed by atoms with van der Waals surface area (Å²) in [6.07, 6.45) is 0.383. The van der Waals surface area contributed by atoms with Crippen LogP contribution in [0.1, 0.15) is 22.3 Å². The lowest BCUT2D eigenvalue weighted by Crippen LogP contribution is -2.56. The van der Waals surface area contributed by atoms with Crippen molar-refractivity contribution < 1.29 is 19.5 Å². The molecule has 0 radical (unpaired) electrons. The normalized spacial score (nSPS) is 23.0. The van der Waals surface area contributed by atoms with Crippen LogP contribution in [0.2, 0.25) is 0 Å². The van der Waals surface area contributed by atoms with Crippen LogP contribution in [-0.2, 0) is 9.59 Å². The molecule has 6 nitrogen and oxygen atoms in total. The second-order valence-corrected chi connectivity index (χ2v) is 6.73. The maximum atomic E-state index is 12.4. The quantitative estimate of drug-likeness (QED) is 0.865. The second-order valence-electron chi connectivity index (χ2n) is 5.62. The summed E-state index contributed by atoms with van der Waals surface area (Å²) in [5.41, 5.74) is 0.439. The third-order valence-electron chi connectivity index (χ3n) is 4.15. The summed E-state index contributed by atoms with van der Waals surface area (Å²) >= 11 is 1.49. The summed E-state index contributed by atoms with van der Waals surface area (Å²) in [5, 5.41) is 12.0. The third-order valence-corrected chi connectivity index (χ3v) is 5.34. The number of carboxylic acids is 1. The van der Waals surface area contributed by atoms with Gasteiger partial charge in [-0.1, -0.05) is 24.8 Å². The molecule has 1 saturated heterocycles. The number of fused-ring (bicyclic) bond motifs is 1. The van der Waals surface area contributed by atoms with Crippen molar-refractivity contribution in [3.63, 3.8) is 0 Å². The number of hydrogen-bond donors (Lipinski definition) is 2. The Balaban J connectivity index is 1.73. The first-order chi connectivity index (χ1) is 10.9. The van der Waals surface area contributed by atoms with Crippen molar-refractivity contribution in [3.05, 3.63) is 42.0 Å². The van der Waals surface area contributed by atoms with E-state index in [0.29, 0.717) is 34.8 Å². The minimum absolute atomic E-state index is 0.230. The number of nitrogens with zero attached hydrogens (tertiary/aromatic N) is 1. The Morgan fingerprint density at radius 2 is 2.04 bits per heavy atom. The van der Waals surface area contributed by atoms with Gasteiger partial charge in [0.05, 0.1) is 0 Å². The summed E-state index contributed by atoms with van der Waals surface area (Å²) < 4.78 is 0. The van der Waals surface area contributed by atoms with E-state index in [9.17, 15) is 19.5 Å². The largest absolute Gasteiger partial charge is 0.479 e. The van der Waals surface area contributed by atoms with E-state index in [1.54, 1.807) is 24.3 Å². The van der Waals surface area contributed by atoms with E-state index in [-0.39, 0.29) is 12.5 Å². The smallest absolute Gasteiger partial charge is 0.330 e. The van der Waals surface area contributed by atoms with E-state index in [1.807, 2.05) is 0 Å². The van der Waals surface area contributed by atoms with Gasteiger partial charge in [0.2, 0.25) is 5.91 Å². The SMILES string of the molecule is C=C1c2ccccc2C(=O)N1CC(=O)NC1(C(=O)O)CCSC1. The van der Waals surface area contributed by atoms with E-state index in [2.05, 4.69) is 11.9 Å². The second kappa shape index (κ2) is 5.73. The van der Waals surface area contributed by atoms with Gasteiger partial charge in [-0.25, -0.2) is 4.79 Å². The lowest BCUT2D eigenvalue weighted by atomic mass is 9.99. The highest BCUT2D eigenvalue weighted by atomic mass is 32.2. The van der Waals surface area contributed by atoms with Gasteiger partial charge in [-0.05, 0) is 18.2 Å². The topological polar surface area (TPSA) is 86.7 Å².